The Kier molecular flexibility index (Phi) is 6.42. The van der Waals surface area contributed by atoms with Crippen molar-refractivity contribution in [3.63, 3.8) is 0 Å². The number of aliphatic carboxylic acids is 2. The second kappa shape index (κ2) is 7.59. The topological polar surface area (TPSA) is 127 Å². The van der Waals surface area contributed by atoms with Gasteiger partial charge in [0.15, 0.2) is 0 Å². The fourth-order valence-corrected chi connectivity index (χ4v) is 2.80. The molecule has 0 atom stereocenters. The second-order valence-electron chi connectivity index (χ2n) is 6.02. The van der Waals surface area contributed by atoms with Crippen LogP contribution in [0.3, 0.4) is 0 Å². The van der Waals surface area contributed by atoms with Gasteiger partial charge in [-0.1, -0.05) is 19.3 Å². The first-order chi connectivity index (χ1) is 9.32. The van der Waals surface area contributed by atoms with Gasteiger partial charge in [0.1, 0.15) is 0 Å². The highest BCUT2D eigenvalue weighted by Gasteiger charge is 2.29. The van der Waals surface area contributed by atoms with Crippen LogP contribution in [0.5, 0.6) is 0 Å². The molecule has 0 saturated heterocycles. The van der Waals surface area contributed by atoms with E-state index in [1.165, 1.54) is 19.3 Å². The van der Waals surface area contributed by atoms with Gasteiger partial charge in [0.05, 0.1) is 17.5 Å². The first-order valence-electron chi connectivity index (χ1n) is 7.35. The van der Waals surface area contributed by atoms with Gasteiger partial charge in [0.2, 0.25) is 0 Å². The molecule has 6 heteroatoms. The molecule has 0 heterocycles. The zero-order chi connectivity index (χ0) is 15.2. The summed E-state index contributed by atoms with van der Waals surface area (Å²) in [6.07, 6.45) is 7.79. The summed E-state index contributed by atoms with van der Waals surface area (Å²) in [5, 5.41) is 17.2. The number of carbonyl (C=O) groups is 2. The number of carboxylic acid groups (broad SMARTS) is 2. The van der Waals surface area contributed by atoms with Gasteiger partial charge in [-0.25, -0.2) is 0 Å². The van der Waals surface area contributed by atoms with Crippen molar-refractivity contribution in [2.24, 2.45) is 23.3 Å². The molecule has 6 nitrogen and oxygen atoms in total. The van der Waals surface area contributed by atoms with Gasteiger partial charge < -0.3 is 21.7 Å². The van der Waals surface area contributed by atoms with Crippen molar-refractivity contribution < 1.29 is 19.8 Å². The molecule has 0 amide bonds. The molecule has 0 aromatic carbocycles. The van der Waals surface area contributed by atoms with E-state index in [4.69, 9.17) is 21.7 Å². The van der Waals surface area contributed by atoms with Gasteiger partial charge in [-0.05, 0) is 38.5 Å². The molecule has 0 spiro atoms. The van der Waals surface area contributed by atoms with Gasteiger partial charge in [-0.15, -0.1) is 0 Å². The third-order valence-electron chi connectivity index (χ3n) is 4.21. The van der Waals surface area contributed by atoms with Crippen molar-refractivity contribution in [2.75, 3.05) is 0 Å². The van der Waals surface area contributed by atoms with Crippen molar-refractivity contribution in [1.29, 1.82) is 0 Å². The van der Waals surface area contributed by atoms with Crippen molar-refractivity contribution in [3.05, 3.63) is 0 Å². The van der Waals surface area contributed by atoms with Crippen molar-refractivity contribution in [2.45, 2.75) is 63.5 Å². The van der Waals surface area contributed by atoms with Crippen LogP contribution in [0, 0.1) is 11.8 Å². The Bertz CT molecular complexity index is 306. The Hall–Kier alpha value is -1.14. The van der Waals surface area contributed by atoms with E-state index in [9.17, 15) is 9.59 Å². The van der Waals surface area contributed by atoms with Crippen LogP contribution in [-0.2, 0) is 9.59 Å². The summed E-state index contributed by atoms with van der Waals surface area (Å²) in [7, 11) is 0. The first-order valence-corrected chi connectivity index (χ1v) is 7.35. The maximum Gasteiger partial charge on any atom is 0.306 e. The van der Waals surface area contributed by atoms with Crippen LogP contribution < -0.4 is 11.5 Å². The number of nitrogens with two attached hydrogens (primary N) is 2. The van der Waals surface area contributed by atoms with Crippen LogP contribution in [-0.4, -0.2) is 27.8 Å². The molecule has 0 radical (unpaired) electrons. The van der Waals surface area contributed by atoms with Gasteiger partial charge in [0, 0.05) is 0 Å². The van der Waals surface area contributed by atoms with E-state index in [0.29, 0.717) is 25.7 Å². The van der Waals surface area contributed by atoms with Gasteiger partial charge >= 0.3 is 11.9 Å². The minimum absolute atomic E-state index is 0.319. The molecular formula is C14H26N2O4. The minimum atomic E-state index is -0.793. The summed E-state index contributed by atoms with van der Waals surface area (Å²) in [5.41, 5.74) is 11.0. The fraction of sp³-hybridized carbons (Fsp3) is 0.857. The summed E-state index contributed by atoms with van der Waals surface area (Å²) in [5.74, 6) is -2.22. The summed E-state index contributed by atoms with van der Waals surface area (Å²) >= 11 is 0. The summed E-state index contributed by atoms with van der Waals surface area (Å²) in [6.45, 7) is 0. The van der Waals surface area contributed by atoms with Crippen LogP contribution in [0.25, 0.3) is 0 Å². The van der Waals surface area contributed by atoms with Crippen LogP contribution in [0.1, 0.15) is 57.8 Å². The lowest BCUT2D eigenvalue weighted by atomic mass is 9.82. The lowest BCUT2D eigenvalue weighted by molar-refractivity contribution is -0.148. The quantitative estimate of drug-likeness (QED) is 0.570. The molecule has 0 bridgehead atoms. The Morgan fingerprint density at radius 3 is 1.35 bits per heavy atom. The number of hydrogen-bond donors (Lipinski definition) is 4. The molecule has 2 rings (SSSR count). The van der Waals surface area contributed by atoms with Gasteiger partial charge in [-0.2, -0.15) is 0 Å². The Balaban J connectivity index is 0.000000217. The highest BCUT2D eigenvalue weighted by molar-refractivity contribution is 5.72. The highest BCUT2D eigenvalue weighted by Crippen LogP contribution is 2.28. The molecule has 0 aromatic heterocycles. The smallest absolute Gasteiger partial charge is 0.306 e. The highest BCUT2D eigenvalue weighted by atomic mass is 16.4. The minimum Gasteiger partial charge on any atom is -0.481 e. The lowest BCUT2D eigenvalue weighted by Crippen LogP contribution is -2.50. The van der Waals surface area contributed by atoms with Crippen LogP contribution >= 0.6 is 0 Å². The molecule has 2 aliphatic carbocycles. The predicted molar refractivity (Wildman–Crippen MR) is 74.9 cm³/mol. The van der Waals surface area contributed by atoms with Crippen molar-refractivity contribution in [3.8, 4) is 0 Å². The first kappa shape index (κ1) is 16.9. The van der Waals surface area contributed by atoms with Gasteiger partial charge in [-0.3, -0.25) is 9.59 Å². The number of hydrogen-bond acceptors (Lipinski definition) is 4. The number of rotatable bonds is 2. The van der Waals surface area contributed by atoms with Crippen LogP contribution in [0.2, 0.25) is 0 Å². The Morgan fingerprint density at radius 1 is 0.800 bits per heavy atom. The molecule has 2 aliphatic rings. The molecular weight excluding hydrogens is 260 g/mol. The maximum absolute atomic E-state index is 10.5. The van der Waals surface area contributed by atoms with E-state index in [-0.39, 0.29) is 17.5 Å². The monoisotopic (exact) mass is 286 g/mol. The molecule has 0 aromatic rings. The molecule has 0 unspecified atom stereocenters. The zero-order valence-electron chi connectivity index (χ0n) is 11.9. The molecule has 116 valence electrons. The predicted octanol–water partition coefficient (Wildman–Crippen LogP) is 1.53. The SMILES string of the molecule is NC1(N)CCCCC1.O=C(O)C1CCC(C(=O)O)CC1. The average Bonchev–Trinajstić information content (AvgIpc) is 2.39. The third-order valence-corrected chi connectivity index (χ3v) is 4.21. The van der Waals surface area contributed by atoms with E-state index in [0.717, 1.165) is 12.8 Å². The third kappa shape index (κ3) is 5.88. The Morgan fingerprint density at radius 2 is 1.15 bits per heavy atom. The molecule has 20 heavy (non-hydrogen) atoms. The van der Waals surface area contributed by atoms with Gasteiger partial charge in [0.25, 0.3) is 0 Å². The summed E-state index contributed by atoms with van der Waals surface area (Å²) in [4.78, 5) is 21.0. The largest absolute Gasteiger partial charge is 0.481 e. The molecule has 0 aliphatic heterocycles. The van der Waals surface area contributed by atoms with E-state index in [2.05, 4.69) is 0 Å². The normalized spacial score (nSPS) is 28.9. The van der Waals surface area contributed by atoms with E-state index in [1.807, 2.05) is 0 Å². The maximum atomic E-state index is 10.5. The van der Waals surface area contributed by atoms with E-state index >= 15 is 0 Å². The standard InChI is InChI=1S/C8H12O4.C6H14N2/c9-7(10)5-1-2-6(4-3-5)8(11)12;7-6(8)4-2-1-3-5-6/h5-6H,1-4H2,(H,9,10)(H,11,12);1-5,7-8H2. The molecule has 2 fully saturated rings. The Labute approximate surface area is 119 Å². The van der Waals surface area contributed by atoms with Crippen LogP contribution in [0.4, 0.5) is 0 Å². The summed E-state index contributed by atoms with van der Waals surface area (Å²) < 4.78 is 0. The van der Waals surface area contributed by atoms with Crippen molar-refractivity contribution >= 4 is 11.9 Å². The number of carboxylic acids is 2. The van der Waals surface area contributed by atoms with E-state index in [1.54, 1.807) is 0 Å². The average molecular weight is 286 g/mol. The fourth-order valence-electron chi connectivity index (χ4n) is 2.80. The zero-order valence-corrected chi connectivity index (χ0v) is 11.9. The molecule has 2 saturated carbocycles. The molecule has 6 N–H and O–H groups in total. The second-order valence-corrected chi connectivity index (χ2v) is 6.02. The van der Waals surface area contributed by atoms with E-state index < -0.39 is 11.9 Å². The summed E-state index contributed by atoms with van der Waals surface area (Å²) in [6, 6.07) is 0. The van der Waals surface area contributed by atoms with Crippen molar-refractivity contribution in [1.82, 2.24) is 0 Å². The lowest BCUT2D eigenvalue weighted by Gasteiger charge is -2.28. The van der Waals surface area contributed by atoms with Crippen LogP contribution in [0.15, 0.2) is 0 Å².